The Bertz CT molecular complexity index is 836. The molecule has 6 heteroatoms. The first kappa shape index (κ1) is 17.8. The summed E-state index contributed by atoms with van der Waals surface area (Å²) >= 11 is 0. The molecule has 2 aromatic rings. The number of benzene rings is 2. The number of hydrogen-bond acceptors (Lipinski definition) is 4. The van der Waals surface area contributed by atoms with Gasteiger partial charge >= 0.3 is 0 Å². The van der Waals surface area contributed by atoms with Crippen molar-refractivity contribution in [1.29, 1.82) is 0 Å². The predicted octanol–water partition coefficient (Wildman–Crippen LogP) is 3.35. The number of aromatic hydroxyl groups is 1. The Kier molecular flexibility index (Phi) is 4.99. The van der Waals surface area contributed by atoms with E-state index >= 15 is 0 Å². The molecule has 1 amide bonds. The van der Waals surface area contributed by atoms with E-state index < -0.39 is 11.6 Å². The SMILES string of the molecule is O=C(c1ccc(O)c(F)c1)N1CCOC(c2cccc(N3CCCC3)c2)C1. The third-order valence-electron chi connectivity index (χ3n) is 5.26. The maximum absolute atomic E-state index is 13.6. The van der Waals surface area contributed by atoms with Crippen LogP contribution in [-0.2, 0) is 4.74 Å². The largest absolute Gasteiger partial charge is 0.505 e. The molecule has 2 aliphatic rings. The number of anilines is 1. The summed E-state index contributed by atoms with van der Waals surface area (Å²) in [6.45, 7) is 3.47. The van der Waals surface area contributed by atoms with E-state index in [4.69, 9.17) is 4.74 Å². The maximum Gasteiger partial charge on any atom is 0.254 e. The Hall–Kier alpha value is -2.60. The van der Waals surface area contributed by atoms with Crippen molar-refractivity contribution in [1.82, 2.24) is 4.90 Å². The number of hydrogen-bond donors (Lipinski definition) is 1. The van der Waals surface area contributed by atoms with E-state index in [1.54, 1.807) is 4.90 Å². The van der Waals surface area contributed by atoms with Crippen LogP contribution < -0.4 is 4.90 Å². The van der Waals surface area contributed by atoms with E-state index in [0.717, 1.165) is 24.7 Å². The zero-order valence-electron chi connectivity index (χ0n) is 15.1. The summed E-state index contributed by atoms with van der Waals surface area (Å²) in [7, 11) is 0. The monoisotopic (exact) mass is 370 g/mol. The Labute approximate surface area is 158 Å². The second-order valence-corrected chi connectivity index (χ2v) is 7.07. The van der Waals surface area contributed by atoms with Crippen molar-refractivity contribution in [2.75, 3.05) is 37.7 Å². The second kappa shape index (κ2) is 7.56. The minimum atomic E-state index is -0.788. The van der Waals surface area contributed by atoms with Crippen LogP contribution in [0.5, 0.6) is 5.75 Å². The third-order valence-corrected chi connectivity index (χ3v) is 5.26. The van der Waals surface area contributed by atoms with Crippen LogP contribution in [0.1, 0.15) is 34.9 Å². The number of carbonyl (C=O) groups excluding carboxylic acids is 1. The highest BCUT2D eigenvalue weighted by atomic mass is 19.1. The van der Waals surface area contributed by atoms with Gasteiger partial charge in [0, 0.05) is 30.9 Å². The molecule has 2 saturated heterocycles. The number of rotatable bonds is 3. The van der Waals surface area contributed by atoms with Crippen molar-refractivity contribution in [3.05, 3.63) is 59.4 Å². The Morgan fingerprint density at radius 3 is 2.70 bits per heavy atom. The molecule has 27 heavy (non-hydrogen) atoms. The highest BCUT2D eigenvalue weighted by Crippen LogP contribution is 2.28. The van der Waals surface area contributed by atoms with Gasteiger partial charge in [0.15, 0.2) is 11.6 Å². The van der Waals surface area contributed by atoms with Gasteiger partial charge in [0.1, 0.15) is 6.10 Å². The molecule has 1 atom stereocenters. The molecule has 5 nitrogen and oxygen atoms in total. The molecule has 2 heterocycles. The minimum absolute atomic E-state index is 0.202. The van der Waals surface area contributed by atoms with Crippen molar-refractivity contribution >= 4 is 11.6 Å². The van der Waals surface area contributed by atoms with Crippen molar-refractivity contribution in [2.45, 2.75) is 18.9 Å². The molecular formula is C21H23FN2O3. The fourth-order valence-electron chi connectivity index (χ4n) is 3.76. The van der Waals surface area contributed by atoms with E-state index in [1.807, 2.05) is 12.1 Å². The van der Waals surface area contributed by atoms with Crippen molar-refractivity contribution in [2.24, 2.45) is 0 Å². The number of amides is 1. The fourth-order valence-corrected chi connectivity index (χ4v) is 3.76. The van der Waals surface area contributed by atoms with Crippen molar-refractivity contribution in [3.63, 3.8) is 0 Å². The molecule has 0 spiro atoms. The molecule has 0 radical (unpaired) electrons. The summed E-state index contributed by atoms with van der Waals surface area (Å²) in [6.07, 6.45) is 2.23. The molecule has 2 fully saturated rings. The second-order valence-electron chi connectivity index (χ2n) is 7.07. The van der Waals surface area contributed by atoms with Gasteiger partial charge in [-0.15, -0.1) is 0 Å². The van der Waals surface area contributed by atoms with E-state index in [0.29, 0.717) is 19.7 Å². The topological polar surface area (TPSA) is 53.0 Å². The number of phenolic OH excluding ortho intramolecular Hbond substituents is 1. The van der Waals surface area contributed by atoms with Gasteiger partial charge < -0.3 is 19.6 Å². The Morgan fingerprint density at radius 1 is 1.11 bits per heavy atom. The van der Waals surface area contributed by atoms with E-state index in [1.165, 1.54) is 30.7 Å². The van der Waals surface area contributed by atoms with Gasteiger partial charge in [0.25, 0.3) is 5.91 Å². The number of phenols is 1. The molecule has 0 aliphatic carbocycles. The normalized spacial score (nSPS) is 20.1. The first-order valence-corrected chi connectivity index (χ1v) is 9.36. The van der Waals surface area contributed by atoms with Gasteiger partial charge in [0.2, 0.25) is 0 Å². The number of carbonyl (C=O) groups is 1. The van der Waals surface area contributed by atoms with Gasteiger partial charge in [-0.25, -0.2) is 4.39 Å². The number of nitrogens with zero attached hydrogens (tertiary/aromatic N) is 2. The lowest BCUT2D eigenvalue weighted by Gasteiger charge is -2.33. The van der Waals surface area contributed by atoms with Crippen LogP contribution in [0.4, 0.5) is 10.1 Å². The predicted molar refractivity (Wildman–Crippen MR) is 101 cm³/mol. The maximum atomic E-state index is 13.6. The summed E-state index contributed by atoms with van der Waals surface area (Å²) < 4.78 is 19.5. The average Bonchev–Trinajstić information content (AvgIpc) is 3.25. The zero-order chi connectivity index (χ0) is 18.8. The molecule has 0 bridgehead atoms. The summed E-state index contributed by atoms with van der Waals surface area (Å²) in [5.41, 5.74) is 2.48. The molecule has 1 unspecified atom stereocenters. The molecule has 2 aromatic carbocycles. The van der Waals surface area contributed by atoms with Crippen LogP contribution in [-0.4, -0.2) is 48.7 Å². The lowest BCUT2D eigenvalue weighted by molar-refractivity contribution is -0.0228. The quantitative estimate of drug-likeness (QED) is 0.900. The third kappa shape index (κ3) is 3.76. The number of halogens is 1. The van der Waals surface area contributed by atoms with E-state index in [9.17, 15) is 14.3 Å². The molecule has 142 valence electrons. The van der Waals surface area contributed by atoms with Crippen LogP contribution in [0, 0.1) is 5.82 Å². The Morgan fingerprint density at radius 2 is 1.93 bits per heavy atom. The van der Waals surface area contributed by atoms with Gasteiger partial charge in [-0.1, -0.05) is 12.1 Å². The fraction of sp³-hybridized carbons (Fsp3) is 0.381. The lowest BCUT2D eigenvalue weighted by atomic mass is 10.1. The van der Waals surface area contributed by atoms with Gasteiger partial charge in [-0.2, -0.15) is 0 Å². The van der Waals surface area contributed by atoms with Crippen LogP contribution in [0.2, 0.25) is 0 Å². The van der Waals surface area contributed by atoms with Gasteiger partial charge in [0.05, 0.1) is 13.2 Å². The molecular weight excluding hydrogens is 347 g/mol. The van der Waals surface area contributed by atoms with E-state index in [-0.39, 0.29) is 17.6 Å². The Balaban J connectivity index is 1.50. The zero-order valence-corrected chi connectivity index (χ0v) is 15.1. The molecule has 0 saturated carbocycles. The van der Waals surface area contributed by atoms with Crippen LogP contribution in [0.15, 0.2) is 42.5 Å². The van der Waals surface area contributed by atoms with Gasteiger partial charge in [-0.3, -0.25) is 4.79 Å². The average molecular weight is 370 g/mol. The minimum Gasteiger partial charge on any atom is -0.505 e. The molecule has 0 aromatic heterocycles. The lowest BCUT2D eigenvalue weighted by Crippen LogP contribution is -2.42. The highest BCUT2D eigenvalue weighted by Gasteiger charge is 2.27. The first-order chi connectivity index (χ1) is 13.1. The summed E-state index contributed by atoms with van der Waals surface area (Å²) in [5.74, 6) is -1.49. The standard InChI is InChI=1S/C21H23FN2O3/c22-18-13-16(6-7-19(18)25)21(26)24-10-11-27-20(14-24)15-4-3-5-17(12-15)23-8-1-2-9-23/h3-7,12-13,20,25H,1-2,8-11,14H2. The van der Waals surface area contributed by atoms with Gasteiger partial charge in [-0.05, 0) is 48.7 Å². The number of ether oxygens (including phenoxy) is 1. The number of morpholine rings is 1. The highest BCUT2D eigenvalue weighted by molar-refractivity contribution is 5.94. The van der Waals surface area contributed by atoms with E-state index in [2.05, 4.69) is 17.0 Å². The van der Waals surface area contributed by atoms with Crippen LogP contribution >= 0.6 is 0 Å². The molecule has 4 rings (SSSR count). The summed E-state index contributed by atoms with van der Waals surface area (Å²) in [6, 6.07) is 12.0. The first-order valence-electron chi connectivity index (χ1n) is 9.36. The summed E-state index contributed by atoms with van der Waals surface area (Å²) in [4.78, 5) is 16.8. The van der Waals surface area contributed by atoms with Crippen LogP contribution in [0.3, 0.4) is 0 Å². The molecule has 2 aliphatic heterocycles. The van der Waals surface area contributed by atoms with Crippen molar-refractivity contribution < 1.29 is 19.0 Å². The molecule has 1 N–H and O–H groups in total. The van der Waals surface area contributed by atoms with Crippen LogP contribution in [0.25, 0.3) is 0 Å². The smallest absolute Gasteiger partial charge is 0.254 e. The summed E-state index contributed by atoms with van der Waals surface area (Å²) in [5, 5.41) is 9.32. The van der Waals surface area contributed by atoms with Crippen molar-refractivity contribution in [3.8, 4) is 5.75 Å².